The number of benzene rings is 2. The second-order valence-electron chi connectivity index (χ2n) is 6.54. The number of halogens is 1. The molecule has 0 bridgehead atoms. The largest absolute Gasteiger partial charge is 0.495 e. The Morgan fingerprint density at radius 2 is 1.87 bits per heavy atom. The van der Waals surface area contributed by atoms with Crippen LogP contribution in [-0.2, 0) is 19.6 Å². The molecule has 0 spiro atoms. The van der Waals surface area contributed by atoms with Gasteiger partial charge in [0.15, 0.2) is 0 Å². The van der Waals surface area contributed by atoms with E-state index in [1.165, 1.54) is 25.3 Å². The number of carbonyl (C=O) groups is 1. The maximum Gasteiger partial charge on any atom is 0.264 e. The van der Waals surface area contributed by atoms with Gasteiger partial charge in [0.05, 0.1) is 17.7 Å². The highest BCUT2D eigenvalue weighted by molar-refractivity contribution is 7.92. The Kier molecular flexibility index (Phi) is 8.95. The summed E-state index contributed by atoms with van der Waals surface area (Å²) < 4.78 is 38.4. The van der Waals surface area contributed by atoms with E-state index < -0.39 is 22.5 Å². The van der Waals surface area contributed by atoms with Gasteiger partial charge in [0.1, 0.15) is 12.3 Å². The first-order chi connectivity index (χ1) is 14.3. The fraction of sp³-hybridized carbons (Fsp3) is 0.381. The predicted molar refractivity (Wildman–Crippen MR) is 118 cm³/mol. The van der Waals surface area contributed by atoms with Crippen LogP contribution in [0.1, 0.15) is 18.9 Å². The van der Waals surface area contributed by atoms with Crippen molar-refractivity contribution in [1.82, 2.24) is 5.32 Å². The van der Waals surface area contributed by atoms with Crippen molar-refractivity contribution >= 4 is 33.2 Å². The van der Waals surface area contributed by atoms with Crippen LogP contribution in [0, 0.1) is 6.92 Å². The van der Waals surface area contributed by atoms with Crippen molar-refractivity contribution in [2.75, 3.05) is 37.7 Å². The van der Waals surface area contributed by atoms with E-state index in [9.17, 15) is 13.2 Å². The molecule has 1 N–H and O–H groups in total. The van der Waals surface area contributed by atoms with Crippen LogP contribution >= 0.6 is 11.6 Å². The van der Waals surface area contributed by atoms with Crippen molar-refractivity contribution < 1.29 is 22.7 Å². The molecule has 0 unspecified atom stereocenters. The van der Waals surface area contributed by atoms with Crippen molar-refractivity contribution in [3.63, 3.8) is 0 Å². The lowest BCUT2D eigenvalue weighted by molar-refractivity contribution is -0.119. The fourth-order valence-electron chi connectivity index (χ4n) is 2.73. The van der Waals surface area contributed by atoms with Crippen molar-refractivity contribution in [3.8, 4) is 5.75 Å². The monoisotopic (exact) mass is 454 g/mol. The number of hydrogen-bond donors (Lipinski definition) is 1. The van der Waals surface area contributed by atoms with Gasteiger partial charge in [0.2, 0.25) is 5.91 Å². The average Bonchev–Trinajstić information content (AvgIpc) is 2.72. The maximum absolute atomic E-state index is 13.4. The first-order valence-corrected chi connectivity index (χ1v) is 11.4. The molecule has 30 heavy (non-hydrogen) atoms. The van der Waals surface area contributed by atoms with Crippen LogP contribution in [0.15, 0.2) is 47.4 Å². The van der Waals surface area contributed by atoms with Gasteiger partial charge in [0, 0.05) is 24.8 Å². The topological polar surface area (TPSA) is 84.9 Å². The number of sulfonamides is 1. The molecule has 0 saturated carbocycles. The molecule has 0 aliphatic rings. The van der Waals surface area contributed by atoms with Crippen LogP contribution in [0.2, 0.25) is 5.02 Å². The van der Waals surface area contributed by atoms with Gasteiger partial charge < -0.3 is 14.8 Å². The van der Waals surface area contributed by atoms with Crippen molar-refractivity contribution in [1.29, 1.82) is 0 Å². The summed E-state index contributed by atoms with van der Waals surface area (Å²) in [5.74, 6) is -0.150. The molecule has 0 atom stereocenters. The van der Waals surface area contributed by atoms with Gasteiger partial charge >= 0.3 is 0 Å². The quantitative estimate of drug-likeness (QED) is 0.526. The Morgan fingerprint density at radius 3 is 2.50 bits per heavy atom. The molecule has 0 fully saturated rings. The van der Waals surface area contributed by atoms with E-state index in [1.807, 2.05) is 13.8 Å². The minimum absolute atomic E-state index is 0.0688. The maximum atomic E-state index is 13.4. The Balaban J connectivity index is 2.35. The summed E-state index contributed by atoms with van der Waals surface area (Å²) in [6, 6.07) is 11.0. The summed E-state index contributed by atoms with van der Waals surface area (Å²) in [6.07, 6.45) is 0.630. The van der Waals surface area contributed by atoms with Gasteiger partial charge in [-0.25, -0.2) is 8.42 Å². The standard InChI is InChI=1S/C21H27ClN2O5S/c1-4-29-13-5-12-23-21(25)15-24(19-14-17(22)8-11-20(19)28-3)30(26,27)18-9-6-16(2)7-10-18/h6-11,14H,4-5,12-13,15H2,1-3H3,(H,23,25). The number of nitrogens with one attached hydrogen (secondary N) is 1. The number of carbonyl (C=O) groups excluding carboxylic acids is 1. The van der Waals surface area contributed by atoms with Gasteiger partial charge in [-0.2, -0.15) is 0 Å². The summed E-state index contributed by atoms with van der Waals surface area (Å²) in [5, 5.41) is 3.05. The van der Waals surface area contributed by atoms with Crippen molar-refractivity contribution in [2.45, 2.75) is 25.2 Å². The lowest BCUT2D eigenvalue weighted by Gasteiger charge is -2.26. The Labute approximate surface area is 183 Å². The molecule has 0 aliphatic heterocycles. The minimum Gasteiger partial charge on any atom is -0.495 e. The molecule has 7 nitrogen and oxygen atoms in total. The number of nitrogens with zero attached hydrogens (tertiary/aromatic N) is 1. The number of anilines is 1. The van der Waals surface area contributed by atoms with Gasteiger partial charge in [-0.3, -0.25) is 9.10 Å². The van der Waals surface area contributed by atoms with E-state index in [4.69, 9.17) is 21.1 Å². The number of aryl methyl sites for hydroxylation is 1. The number of methoxy groups -OCH3 is 1. The molecule has 0 aliphatic carbocycles. The van der Waals surface area contributed by atoms with E-state index in [-0.39, 0.29) is 10.6 Å². The first-order valence-electron chi connectivity index (χ1n) is 9.57. The average molecular weight is 455 g/mol. The lowest BCUT2D eigenvalue weighted by atomic mass is 10.2. The summed E-state index contributed by atoms with van der Waals surface area (Å²) >= 11 is 6.11. The van der Waals surface area contributed by atoms with E-state index in [2.05, 4.69) is 5.32 Å². The smallest absolute Gasteiger partial charge is 0.264 e. The van der Waals surface area contributed by atoms with Crippen LogP contribution in [0.3, 0.4) is 0 Å². The molecule has 2 rings (SSSR count). The molecule has 9 heteroatoms. The summed E-state index contributed by atoms with van der Waals surface area (Å²) in [7, 11) is -2.62. The van der Waals surface area contributed by atoms with E-state index in [1.54, 1.807) is 24.3 Å². The van der Waals surface area contributed by atoms with Gasteiger partial charge in [-0.15, -0.1) is 0 Å². The SMILES string of the molecule is CCOCCCNC(=O)CN(c1cc(Cl)ccc1OC)S(=O)(=O)c1ccc(C)cc1. The zero-order chi connectivity index (χ0) is 22.1. The highest BCUT2D eigenvalue weighted by Crippen LogP contribution is 2.34. The van der Waals surface area contributed by atoms with Gasteiger partial charge in [-0.1, -0.05) is 29.3 Å². The third-order valence-electron chi connectivity index (χ3n) is 4.30. The van der Waals surface area contributed by atoms with Gasteiger partial charge in [-0.05, 0) is 50.6 Å². The predicted octanol–water partition coefficient (Wildman–Crippen LogP) is 3.40. The molecule has 0 heterocycles. The summed E-state index contributed by atoms with van der Waals surface area (Å²) in [5.41, 5.74) is 1.11. The highest BCUT2D eigenvalue weighted by atomic mass is 35.5. The Hall–Kier alpha value is -2.29. The lowest BCUT2D eigenvalue weighted by Crippen LogP contribution is -2.41. The highest BCUT2D eigenvalue weighted by Gasteiger charge is 2.29. The third kappa shape index (κ3) is 6.35. The van der Waals surface area contributed by atoms with E-state index in [0.717, 1.165) is 9.87 Å². The number of ether oxygens (including phenoxy) is 2. The van der Waals surface area contributed by atoms with E-state index in [0.29, 0.717) is 37.0 Å². The zero-order valence-electron chi connectivity index (χ0n) is 17.4. The van der Waals surface area contributed by atoms with Gasteiger partial charge in [0.25, 0.3) is 10.0 Å². The van der Waals surface area contributed by atoms with E-state index >= 15 is 0 Å². The molecule has 0 radical (unpaired) electrons. The Morgan fingerprint density at radius 1 is 1.17 bits per heavy atom. The van der Waals surface area contributed by atoms with Crippen LogP contribution in [0.25, 0.3) is 0 Å². The summed E-state index contributed by atoms with van der Waals surface area (Å²) in [6.45, 7) is 4.84. The van der Waals surface area contributed by atoms with Crippen LogP contribution in [0.4, 0.5) is 5.69 Å². The molecule has 0 aromatic heterocycles. The van der Waals surface area contributed by atoms with Crippen LogP contribution in [-0.4, -0.2) is 47.7 Å². The van der Waals surface area contributed by atoms with Crippen LogP contribution in [0.5, 0.6) is 5.75 Å². The Bertz CT molecular complexity index is 948. The molecular formula is C21H27ClN2O5S. The summed E-state index contributed by atoms with van der Waals surface area (Å²) in [4.78, 5) is 12.6. The molecular weight excluding hydrogens is 428 g/mol. The molecule has 164 valence electrons. The first kappa shape index (κ1) is 24.0. The minimum atomic E-state index is -4.05. The molecule has 1 amide bonds. The molecule has 0 saturated heterocycles. The molecule has 2 aromatic carbocycles. The second kappa shape index (κ2) is 11.2. The zero-order valence-corrected chi connectivity index (χ0v) is 18.9. The van der Waals surface area contributed by atoms with Crippen LogP contribution < -0.4 is 14.4 Å². The van der Waals surface area contributed by atoms with Crippen molar-refractivity contribution in [3.05, 3.63) is 53.1 Å². The number of hydrogen-bond acceptors (Lipinski definition) is 5. The normalized spacial score (nSPS) is 11.2. The van der Waals surface area contributed by atoms with Crippen molar-refractivity contribution in [2.24, 2.45) is 0 Å². The fourth-order valence-corrected chi connectivity index (χ4v) is 4.32. The molecule has 2 aromatic rings. The number of rotatable bonds is 11. The second-order valence-corrected chi connectivity index (χ2v) is 8.84. The number of amides is 1. The third-order valence-corrected chi connectivity index (χ3v) is 6.31.